The topological polar surface area (TPSA) is 59.3 Å². The summed E-state index contributed by atoms with van der Waals surface area (Å²) < 4.78 is 1.89. The molecule has 1 amide bonds. The average molecular weight is 455 g/mol. The quantitative estimate of drug-likeness (QED) is 0.571. The number of carbonyl (C=O) groups excluding carboxylic acids is 1. The fourth-order valence-corrected chi connectivity index (χ4v) is 6.51. The van der Waals surface area contributed by atoms with Crippen LogP contribution in [0.2, 0.25) is 0 Å². The standard InChI is InChI=1S/C26H38N4OS/c1-16-21(17(2)30(6)29-16)15-27-25-23(24(31)28-19-10-8-7-9-11-19)20-13-12-18(26(3,4)5)14-22(20)32-25/h15,18-19H,7-14H2,1-6H3,(H,28,31)/t18-/m1/s1. The summed E-state index contributed by atoms with van der Waals surface area (Å²) in [5.74, 6) is 0.720. The Bertz CT molecular complexity index is 1020. The summed E-state index contributed by atoms with van der Waals surface area (Å²) in [6, 6.07) is 0.303. The molecule has 1 fully saturated rings. The summed E-state index contributed by atoms with van der Waals surface area (Å²) in [5.41, 5.74) is 5.46. The highest BCUT2D eigenvalue weighted by molar-refractivity contribution is 7.16. The van der Waals surface area contributed by atoms with Gasteiger partial charge in [0.15, 0.2) is 0 Å². The molecule has 1 saturated carbocycles. The second-order valence-corrected chi connectivity index (χ2v) is 11.8. The zero-order chi connectivity index (χ0) is 23.0. The van der Waals surface area contributed by atoms with Gasteiger partial charge in [-0.25, -0.2) is 4.99 Å². The maximum Gasteiger partial charge on any atom is 0.254 e. The first-order chi connectivity index (χ1) is 15.1. The Labute approximate surface area is 196 Å². The fourth-order valence-electron chi connectivity index (χ4n) is 5.24. The molecule has 0 spiro atoms. The minimum Gasteiger partial charge on any atom is -0.349 e. The molecule has 0 saturated heterocycles. The van der Waals surface area contributed by atoms with Gasteiger partial charge in [0.05, 0.1) is 11.3 Å². The molecule has 174 valence electrons. The van der Waals surface area contributed by atoms with Gasteiger partial charge in [0.25, 0.3) is 5.91 Å². The Hall–Kier alpha value is -1.95. The molecule has 0 unspecified atom stereocenters. The van der Waals surface area contributed by atoms with Gasteiger partial charge in [-0.05, 0) is 62.8 Å². The number of nitrogens with zero attached hydrogens (tertiary/aromatic N) is 3. The van der Waals surface area contributed by atoms with Gasteiger partial charge in [0.1, 0.15) is 5.00 Å². The molecule has 4 rings (SSSR count). The van der Waals surface area contributed by atoms with E-state index in [4.69, 9.17) is 4.99 Å². The molecular weight excluding hydrogens is 416 g/mol. The number of carbonyl (C=O) groups is 1. The Morgan fingerprint density at radius 2 is 1.91 bits per heavy atom. The summed E-state index contributed by atoms with van der Waals surface area (Å²) in [6.45, 7) is 11.1. The molecule has 6 heteroatoms. The van der Waals surface area contributed by atoms with Crippen LogP contribution in [0.3, 0.4) is 0 Å². The summed E-state index contributed by atoms with van der Waals surface area (Å²) >= 11 is 1.72. The number of fused-ring (bicyclic) bond motifs is 1. The van der Waals surface area contributed by atoms with Crippen molar-refractivity contribution in [1.29, 1.82) is 0 Å². The normalized spacial score (nSPS) is 20.0. The molecule has 1 atom stereocenters. The minimum absolute atomic E-state index is 0.0791. The number of amides is 1. The molecule has 2 aromatic heterocycles. The number of hydrogen-bond acceptors (Lipinski definition) is 4. The first-order valence-electron chi connectivity index (χ1n) is 12.1. The molecular formula is C26H38N4OS. The van der Waals surface area contributed by atoms with Crippen molar-refractivity contribution in [1.82, 2.24) is 15.1 Å². The lowest BCUT2D eigenvalue weighted by molar-refractivity contribution is 0.0927. The summed E-state index contributed by atoms with van der Waals surface area (Å²) in [5, 5.41) is 8.73. The van der Waals surface area contributed by atoms with Gasteiger partial charge in [0.2, 0.25) is 0 Å². The Balaban J connectivity index is 1.68. The highest BCUT2D eigenvalue weighted by Crippen LogP contribution is 2.45. The van der Waals surface area contributed by atoms with E-state index in [0.717, 1.165) is 59.6 Å². The number of aliphatic imine (C=N–C) groups is 1. The zero-order valence-electron chi connectivity index (χ0n) is 20.5. The van der Waals surface area contributed by atoms with Crippen LogP contribution in [0.1, 0.15) is 97.0 Å². The molecule has 2 aromatic rings. The van der Waals surface area contributed by atoms with E-state index in [9.17, 15) is 4.79 Å². The SMILES string of the molecule is Cc1nn(C)c(C)c1C=Nc1sc2c(c1C(=O)NC1CCCCC1)CC[C@@H](C(C)(C)C)C2. The van der Waals surface area contributed by atoms with E-state index in [2.05, 4.69) is 38.1 Å². The van der Waals surface area contributed by atoms with Crippen LogP contribution >= 0.6 is 11.3 Å². The van der Waals surface area contributed by atoms with Crippen molar-refractivity contribution in [2.24, 2.45) is 23.4 Å². The average Bonchev–Trinajstić information content (AvgIpc) is 3.22. The Kier molecular flexibility index (Phi) is 6.62. The van der Waals surface area contributed by atoms with E-state index in [-0.39, 0.29) is 11.3 Å². The number of rotatable bonds is 4. The number of aromatic nitrogens is 2. The van der Waals surface area contributed by atoms with E-state index in [1.54, 1.807) is 11.3 Å². The highest BCUT2D eigenvalue weighted by atomic mass is 32.1. The molecule has 0 aliphatic heterocycles. The van der Waals surface area contributed by atoms with Crippen molar-refractivity contribution in [3.05, 3.63) is 33.0 Å². The van der Waals surface area contributed by atoms with E-state index in [0.29, 0.717) is 12.0 Å². The van der Waals surface area contributed by atoms with Crippen molar-refractivity contribution in [2.75, 3.05) is 0 Å². The first kappa shape index (κ1) is 23.2. The molecule has 0 radical (unpaired) electrons. The predicted molar refractivity (Wildman–Crippen MR) is 134 cm³/mol. The third-order valence-electron chi connectivity index (χ3n) is 7.51. The lowest BCUT2D eigenvalue weighted by Gasteiger charge is -2.34. The van der Waals surface area contributed by atoms with E-state index in [1.165, 1.54) is 29.7 Å². The number of aryl methyl sites for hydroxylation is 2. The predicted octanol–water partition coefficient (Wildman–Crippen LogP) is 6.06. The third kappa shape index (κ3) is 4.70. The van der Waals surface area contributed by atoms with Gasteiger partial charge >= 0.3 is 0 Å². The zero-order valence-corrected chi connectivity index (χ0v) is 21.4. The molecule has 2 aliphatic rings. The van der Waals surface area contributed by atoms with E-state index >= 15 is 0 Å². The van der Waals surface area contributed by atoms with Gasteiger partial charge in [-0.15, -0.1) is 11.3 Å². The number of thiophene rings is 1. The lowest BCUT2D eigenvalue weighted by atomic mass is 9.72. The fraction of sp³-hybridized carbons (Fsp3) is 0.654. The van der Waals surface area contributed by atoms with Gasteiger partial charge in [-0.2, -0.15) is 5.10 Å². The van der Waals surface area contributed by atoms with Crippen molar-refractivity contribution < 1.29 is 4.79 Å². The van der Waals surface area contributed by atoms with Crippen LogP contribution in [0.4, 0.5) is 5.00 Å². The number of hydrogen-bond donors (Lipinski definition) is 1. The maximum absolute atomic E-state index is 13.5. The smallest absolute Gasteiger partial charge is 0.254 e. The molecule has 1 N–H and O–H groups in total. The summed E-state index contributed by atoms with van der Waals surface area (Å²) in [6.07, 6.45) is 11.0. The molecule has 2 heterocycles. The number of nitrogens with one attached hydrogen (secondary N) is 1. The van der Waals surface area contributed by atoms with Crippen LogP contribution in [0.25, 0.3) is 0 Å². The van der Waals surface area contributed by atoms with Crippen molar-refractivity contribution in [3.8, 4) is 0 Å². The van der Waals surface area contributed by atoms with Crippen molar-refractivity contribution >= 4 is 28.5 Å². The van der Waals surface area contributed by atoms with E-state index < -0.39 is 0 Å². The summed E-state index contributed by atoms with van der Waals surface area (Å²) in [4.78, 5) is 19.8. The first-order valence-corrected chi connectivity index (χ1v) is 13.0. The molecule has 32 heavy (non-hydrogen) atoms. The van der Waals surface area contributed by atoms with Crippen molar-refractivity contribution in [3.63, 3.8) is 0 Å². The van der Waals surface area contributed by atoms with Gasteiger partial charge in [0, 0.05) is 35.4 Å². The largest absolute Gasteiger partial charge is 0.349 e. The third-order valence-corrected chi connectivity index (χ3v) is 8.68. The summed E-state index contributed by atoms with van der Waals surface area (Å²) in [7, 11) is 1.96. The van der Waals surface area contributed by atoms with E-state index in [1.807, 2.05) is 24.9 Å². The van der Waals surface area contributed by atoms with Gasteiger partial charge in [-0.3, -0.25) is 9.48 Å². The van der Waals surface area contributed by atoms with Crippen LogP contribution in [-0.2, 0) is 19.9 Å². The van der Waals surface area contributed by atoms with Gasteiger partial charge in [-0.1, -0.05) is 40.0 Å². The van der Waals surface area contributed by atoms with Gasteiger partial charge < -0.3 is 5.32 Å². The highest BCUT2D eigenvalue weighted by Gasteiger charge is 2.34. The van der Waals surface area contributed by atoms with Crippen LogP contribution in [0.15, 0.2) is 4.99 Å². The van der Waals surface area contributed by atoms with Crippen molar-refractivity contribution in [2.45, 2.75) is 92.0 Å². The monoisotopic (exact) mass is 454 g/mol. The minimum atomic E-state index is 0.0791. The van der Waals surface area contributed by atoms with Crippen LogP contribution in [0, 0.1) is 25.2 Å². The Morgan fingerprint density at radius 1 is 1.19 bits per heavy atom. The molecule has 5 nitrogen and oxygen atoms in total. The van der Waals surface area contributed by atoms with Crippen LogP contribution in [-0.4, -0.2) is 27.9 Å². The maximum atomic E-state index is 13.5. The molecule has 0 aromatic carbocycles. The molecule has 0 bridgehead atoms. The second kappa shape index (κ2) is 9.12. The van der Waals surface area contributed by atoms with Crippen LogP contribution in [0.5, 0.6) is 0 Å². The second-order valence-electron chi connectivity index (χ2n) is 10.8. The Morgan fingerprint density at radius 3 is 2.53 bits per heavy atom. The van der Waals surface area contributed by atoms with Crippen LogP contribution < -0.4 is 5.32 Å². The molecule has 2 aliphatic carbocycles. The lowest BCUT2D eigenvalue weighted by Crippen LogP contribution is -2.36.